The van der Waals surface area contributed by atoms with E-state index in [0.29, 0.717) is 12.1 Å². The highest BCUT2D eigenvalue weighted by atomic mass is 16.6. The van der Waals surface area contributed by atoms with Crippen LogP contribution in [-0.2, 0) is 23.8 Å². The molecule has 1 unspecified atom stereocenters. The molecule has 1 aliphatic rings. The monoisotopic (exact) mass is 504 g/mol. The molecule has 1 aliphatic heterocycles. The number of nitro groups is 1. The normalized spacial score (nSPS) is 16.2. The average Bonchev–Trinajstić information content (AvgIpc) is 2.83. The van der Waals surface area contributed by atoms with Gasteiger partial charge in [0, 0.05) is 12.1 Å². The maximum Gasteiger partial charge on any atom is 0.413 e. The van der Waals surface area contributed by atoms with Crippen LogP contribution in [0.1, 0.15) is 52.0 Å². The SMILES string of the molecule is CCCCOC(=O)[C@@H](NC(=O)OC1=C(C)NC(N)=C(C(=O)OC)C1c1cccc([N+](=O)[O-])c1)C(C)C. The number of nitro benzene ring substituents is 1. The van der Waals surface area contributed by atoms with E-state index in [9.17, 15) is 24.5 Å². The van der Waals surface area contributed by atoms with Crippen molar-refractivity contribution in [3.05, 3.63) is 62.8 Å². The van der Waals surface area contributed by atoms with Gasteiger partial charge in [-0.1, -0.05) is 39.3 Å². The summed E-state index contributed by atoms with van der Waals surface area (Å²) < 4.78 is 15.7. The van der Waals surface area contributed by atoms with Crippen LogP contribution in [0.25, 0.3) is 0 Å². The van der Waals surface area contributed by atoms with Crippen molar-refractivity contribution in [2.45, 2.75) is 52.5 Å². The van der Waals surface area contributed by atoms with Crippen LogP contribution in [0, 0.1) is 16.0 Å². The summed E-state index contributed by atoms with van der Waals surface area (Å²) >= 11 is 0. The van der Waals surface area contributed by atoms with Gasteiger partial charge in [0.05, 0.1) is 35.8 Å². The van der Waals surface area contributed by atoms with E-state index in [0.717, 1.165) is 13.5 Å². The molecular formula is C24H32N4O8. The maximum atomic E-state index is 12.9. The quantitative estimate of drug-likeness (QED) is 0.141. The number of esters is 2. The van der Waals surface area contributed by atoms with Gasteiger partial charge in [0.25, 0.3) is 5.69 Å². The number of nitrogens with one attached hydrogen (secondary N) is 2. The molecule has 1 aromatic rings. The minimum atomic E-state index is -1.10. The van der Waals surface area contributed by atoms with Crippen molar-refractivity contribution >= 4 is 23.7 Å². The van der Waals surface area contributed by atoms with Crippen LogP contribution in [0.5, 0.6) is 0 Å². The van der Waals surface area contributed by atoms with Crippen molar-refractivity contribution in [3.63, 3.8) is 0 Å². The van der Waals surface area contributed by atoms with Crippen LogP contribution < -0.4 is 16.4 Å². The number of unbranched alkanes of at least 4 members (excludes halogenated alkanes) is 1. The number of carbonyl (C=O) groups excluding carboxylic acids is 3. The largest absolute Gasteiger partial charge is 0.466 e. The number of alkyl carbamates (subject to hydrolysis) is 1. The molecule has 0 bridgehead atoms. The van der Waals surface area contributed by atoms with E-state index in [1.807, 2.05) is 6.92 Å². The average molecular weight is 505 g/mol. The number of non-ortho nitro benzene ring substituents is 1. The van der Waals surface area contributed by atoms with E-state index in [-0.39, 0.29) is 40.9 Å². The maximum absolute atomic E-state index is 12.9. The summed E-state index contributed by atoms with van der Waals surface area (Å²) in [6.07, 6.45) is 0.555. The third kappa shape index (κ3) is 6.74. The molecule has 0 radical (unpaired) electrons. The number of hydrogen-bond donors (Lipinski definition) is 3. The molecule has 196 valence electrons. The van der Waals surface area contributed by atoms with Gasteiger partial charge >= 0.3 is 18.0 Å². The Morgan fingerprint density at radius 3 is 2.56 bits per heavy atom. The molecule has 12 nitrogen and oxygen atoms in total. The van der Waals surface area contributed by atoms with Crippen LogP contribution in [0.3, 0.4) is 0 Å². The molecule has 0 aliphatic carbocycles. The highest BCUT2D eigenvalue weighted by Gasteiger charge is 2.38. The Balaban J connectivity index is 2.42. The predicted octanol–water partition coefficient (Wildman–Crippen LogP) is 2.95. The molecule has 0 aromatic heterocycles. The Labute approximate surface area is 209 Å². The first-order valence-electron chi connectivity index (χ1n) is 11.5. The Kier molecular flexibility index (Phi) is 9.83. The number of allylic oxidation sites excluding steroid dienone is 2. The van der Waals surface area contributed by atoms with Crippen LogP contribution in [0.4, 0.5) is 10.5 Å². The number of dihydropyridines is 1. The molecule has 0 saturated heterocycles. The minimum Gasteiger partial charge on any atom is -0.466 e. The summed E-state index contributed by atoms with van der Waals surface area (Å²) in [5.74, 6) is -2.91. The zero-order valence-electron chi connectivity index (χ0n) is 21.0. The van der Waals surface area contributed by atoms with Gasteiger partial charge in [-0.05, 0) is 24.8 Å². The van der Waals surface area contributed by atoms with Gasteiger partial charge in [-0.15, -0.1) is 0 Å². The molecule has 2 atom stereocenters. The lowest BCUT2D eigenvalue weighted by molar-refractivity contribution is -0.384. The van der Waals surface area contributed by atoms with Gasteiger partial charge in [-0.25, -0.2) is 14.4 Å². The summed E-state index contributed by atoms with van der Waals surface area (Å²) in [5, 5.41) is 16.6. The number of nitrogens with zero attached hydrogens (tertiary/aromatic N) is 1. The number of amides is 1. The zero-order chi connectivity index (χ0) is 27.0. The number of methoxy groups -OCH3 is 1. The number of nitrogens with two attached hydrogens (primary N) is 1. The second-order valence-electron chi connectivity index (χ2n) is 8.49. The Hall–Kier alpha value is -4.09. The fraction of sp³-hybridized carbons (Fsp3) is 0.458. The number of benzene rings is 1. The lowest BCUT2D eigenvalue weighted by Gasteiger charge is -2.30. The number of rotatable bonds is 10. The van der Waals surface area contributed by atoms with Crippen LogP contribution in [0.2, 0.25) is 0 Å². The van der Waals surface area contributed by atoms with Gasteiger partial charge in [-0.3, -0.25) is 10.1 Å². The molecule has 0 spiro atoms. The molecule has 2 rings (SSSR count). The molecule has 36 heavy (non-hydrogen) atoms. The van der Waals surface area contributed by atoms with E-state index in [1.165, 1.54) is 24.3 Å². The lowest BCUT2D eigenvalue weighted by Crippen LogP contribution is -2.46. The van der Waals surface area contributed by atoms with E-state index < -0.39 is 34.9 Å². The number of hydrogen-bond acceptors (Lipinski definition) is 10. The Bertz CT molecular complexity index is 1080. The van der Waals surface area contributed by atoms with Gasteiger partial charge in [0.15, 0.2) is 0 Å². The second-order valence-corrected chi connectivity index (χ2v) is 8.49. The first-order chi connectivity index (χ1) is 17.0. The number of carbonyl (C=O) groups is 3. The van der Waals surface area contributed by atoms with Gasteiger partial charge < -0.3 is 30.6 Å². The third-order valence-corrected chi connectivity index (χ3v) is 5.49. The van der Waals surface area contributed by atoms with Gasteiger partial charge in [0.1, 0.15) is 17.6 Å². The van der Waals surface area contributed by atoms with Crippen molar-refractivity contribution in [2.75, 3.05) is 13.7 Å². The molecule has 0 saturated carbocycles. The van der Waals surface area contributed by atoms with Crippen molar-refractivity contribution in [1.29, 1.82) is 0 Å². The molecular weight excluding hydrogens is 472 g/mol. The molecule has 12 heteroatoms. The van der Waals surface area contributed by atoms with Crippen molar-refractivity contribution in [3.8, 4) is 0 Å². The van der Waals surface area contributed by atoms with Gasteiger partial charge in [-0.2, -0.15) is 0 Å². The first-order valence-corrected chi connectivity index (χ1v) is 11.5. The highest BCUT2D eigenvalue weighted by Crippen LogP contribution is 2.39. The van der Waals surface area contributed by atoms with Crippen LogP contribution >= 0.6 is 0 Å². The Morgan fingerprint density at radius 1 is 1.28 bits per heavy atom. The summed E-state index contributed by atoms with van der Waals surface area (Å²) in [6.45, 7) is 7.23. The minimum absolute atomic E-state index is 0.0375. The molecule has 4 N–H and O–H groups in total. The van der Waals surface area contributed by atoms with Crippen LogP contribution in [0.15, 0.2) is 47.1 Å². The topological polar surface area (TPSA) is 172 Å². The summed E-state index contributed by atoms with van der Waals surface area (Å²) in [6, 6.07) is 4.54. The zero-order valence-corrected chi connectivity index (χ0v) is 21.0. The fourth-order valence-electron chi connectivity index (χ4n) is 3.60. The summed E-state index contributed by atoms with van der Waals surface area (Å²) in [5.41, 5.74) is 6.31. The van der Waals surface area contributed by atoms with Crippen molar-refractivity contribution in [1.82, 2.24) is 10.6 Å². The standard InChI is InChI=1S/C24H32N4O8/c1-6-7-11-35-23(30)19(13(2)3)27-24(31)36-20-14(4)26-21(25)18(22(29)34-5)17(20)15-9-8-10-16(12-15)28(32)33/h8-10,12-13,17,19,26H,6-7,11,25H2,1-5H3,(H,27,31)/t17?,19-/m0/s1. The molecule has 1 amide bonds. The van der Waals surface area contributed by atoms with E-state index in [2.05, 4.69) is 10.6 Å². The Morgan fingerprint density at radius 2 is 1.97 bits per heavy atom. The fourth-order valence-corrected chi connectivity index (χ4v) is 3.60. The first kappa shape index (κ1) is 28.1. The van der Waals surface area contributed by atoms with Crippen LogP contribution in [-0.4, -0.2) is 42.7 Å². The van der Waals surface area contributed by atoms with E-state index in [4.69, 9.17) is 19.9 Å². The van der Waals surface area contributed by atoms with Crippen molar-refractivity contribution in [2.24, 2.45) is 11.7 Å². The highest BCUT2D eigenvalue weighted by molar-refractivity contribution is 5.92. The second kappa shape index (κ2) is 12.6. The lowest BCUT2D eigenvalue weighted by atomic mass is 9.86. The van der Waals surface area contributed by atoms with Crippen molar-refractivity contribution < 1.29 is 33.5 Å². The number of ether oxygens (including phenoxy) is 3. The van der Waals surface area contributed by atoms with Gasteiger partial charge in [0.2, 0.25) is 0 Å². The molecule has 1 aromatic carbocycles. The molecule has 1 heterocycles. The smallest absolute Gasteiger partial charge is 0.413 e. The third-order valence-electron chi connectivity index (χ3n) is 5.49. The molecule has 0 fully saturated rings. The van der Waals surface area contributed by atoms with E-state index >= 15 is 0 Å². The summed E-state index contributed by atoms with van der Waals surface area (Å²) in [4.78, 5) is 48.8. The predicted molar refractivity (Wildman–Crippen MR) is 129 cm³/mol. The summed E-state index contributed by atoms with van der Waals surface area (Å²) in [7, 11) is 1.16. The van der Waals surface area contributed by atoms with E-state index in [1.54, 1.807) is 20.8 Å².